The second kappa shape index (κ2) is 6.44. The summed E-state index contributed by atoms with van der Waals surface area (Å²) in [5, 5.41) is 4.89. The lowest BCUT2D eigenvalue weighted by Crippen LogP contribution is -2.32. The Hall–Kier alpha value is -0.610. The van der Waals surface area contributed by atoms with Crippen LogP contribution < -0.4 is 10.2 Å². The van der Waals surface area contributed by atoms with Gasteiger partial charge in [0.05, 0.1) is 5.69 Å². The summed E-state index contributed by atoms with van der Waals surface area (Å²) in [6.07, 6.45) is 8.03. The summed E-state index contributed by atoms with van der Waals surface area (Å²) in [4.78, 5) is 8.87. The van der Waals surface area contributed by atoms with Crippen molar-refractivity contribution >= 4 is 16.5 Å². The fraction of sp³-hybridized carbons (Fsp3) is 0.812. The van der Waals surface area contributed by atoms with Crippen LogP contribution in [0.4, 0.5) is 5.13 Å². The minimum atomic E-state index is 0.780. The lowest BCUT2D eigenvalue weighted by atomic mass is 9.85. The highest BCUT2D eigenvalue weighted by molar-refractivity contribution is 7.15. The lowest BCUT2D eigenvalue weighted by molar-refractivity contribution is 0.318. The van der Waals surface area contributed by atoms with Crippen molar-refractivity contribution in [2.45, 2.75) is 65.0 Å². The van der Waals surface area contributed by atoms with E-state index in [1.165, 1.54) is 54.4 Å². The first-order valence-electron chi connectivity index (χ1n) is 8.27. The highest BCUT2D eigenvalue weighted by Gasteiger charge is 2.24. The summed E-state index contributed by atoms with van der Waals surface area (Å²) < 4.78 is 0. The van der Waals surface area contributed by atoms with E-state index in [1.807, 2.05) is 11.3 Å². The van der Waals surface area contributed by atoms with E-state index in [-0.39, 0.29) is 0 Å². The van der Waals surface area contributed by atoms with Gasteiger partial charge in [-0.25, -0.2) is 4.98 Å². The second-order valence-electron chi connectivity index (χ2n) is 6.21. The first-order valence-corrected chi connectivity index (χ1v) is 9.08. The molecule has 1 aromatic heterocycles. The molecule has 1 heterocycles. The van der Waals surface area contributed by atoms with Gasteiger partial charge in [0.25, 0.3) is 0 Å². The minimum absolute atomic E-state index is 0.780. The molecule has 0 aromatic carbocycles. The van der Waals surface area contributed by atoms with Gasteiger partial charge >= 0.3 is 0 Å². The maximum atomic E-state index is 4.91. The number of anilines is 1. The largest absolute Gasteiger partial charge is 0.348 e. The van der Waals surface area contributed by atoms with Crippen molar-refractivity contribution in [2.24, 2.45) is 5.92 Å². The van der Waals surface area contributed by atoms with E-state index in [0.717, 1.165) is 31.5 Å². The van der Waals surface area contributed by atoms with E-state index in [1.54, 1.807) is 0 Å². The van der Waals surface area contributed by atoms with Crippen LogP contribution in [0.1, 0.15) is 56.5 Å². The number of nitrogens with one attached hydrogen (secondary N) is 1. The molecule has 2 aliphatic rings. The van der Waals surface area contributed by atoms with Crippen LogP contribution in [0.15, 0.2) is 0 Å². The molecule has 20 heavy (non-hydrogen) atoms. The summed E-state index contributed by atoms with van der Waals surface area (Å²) >= 11 is 1.92. The first-order chi connectivity index (χ1) is 9.80. The Balaban J connectivity index is 1.66. The standard InChI is InChI=1S/C16H27N3S/c1-3-14-15(10-17-13-8-9-13)20-16(18-14)19(4-2)11-12-6-5-7-12/h12-13,17H,3-11H2,1-2H3. The van der Waals surface area contributed by atoms with E-state index in [2.05, 4.69) is 24.1 Å². The highest BCUT2D eigenvalue weighted by Crippen LogP contribution is 2.32. The van der Waals surface area contributed by atoms with E-state index in [9.17, 15) is 0 Å². The van der Waals surface area contributed by atoms with E-state index < -0.39 is 0 Å². The van der Waals surface area contributed by atoms with Crippen molar-refractivity contribution < 1.29 is 0 Å². The van der Waals surface area contributed by atoms with Crippen molar-refractivity contribution in [3.05, 3.63) is 10.6 Å². The minimum Gasteiger partial charge on any atom is -0.348 e. The van der Waals surface area contributed by atoms with Gasteiger partial charge in [-0.3, -0.25) is 0 Å². The van der Waals surface area contributed by atoms with Crippen LogP contribution >= 0.6 is 11.3 Å². The Bertz CT molecular complexity index is 435. The molecule has 0 radical (unpaired) electrons. The molecule has 1 N–H and O–H groups in total. The average molecular weight is 293 g/mol. The molecule has 2 saturated carbocycles. The molecule has 4 heteroatoms. The van der Waals surface area contributed by atoms with Crippen LogP contribution in [0.3, 0.4) is 0 Å². The number of hydrogen-bond acceptors (Lipinski definition) is 4. The summed E-state index contributed by atoms with van der Waals surface area (Å²) in [5.41, 5.74) is 1.31. The zero-order valence-electron chi connectivity index (χ0n) is 12.8. The number of thiazole rings is 1. The van der Waals surface area contributed by atoms with Crippen LogP contribution in [-0.4, -0.2) is 24.1 Å². The first kappa shape index (κ1) is 14.3. The molecule has 0 saturated heterocycles. The van der Waals surface area contributed by atoms with Crippen LogP contribution in [-0.2, 0) is 13.0 Å². The third kappa shape index (κ3) is 3.34. The zero-order valence-corrected chi connectivity index (χ0v) is 13.6. The molecule has 3 nitrogen and oxygen atoms in total. The van der Waals surface area contributed by atoms with Gasteiger partial charge in [-0.2, -0.15) is 0 Å². The number of aromatic nitrogens is 1. The van der Waals surface area contributed by atoms with Crippen molar-refractivity contribution in [3.63, 3.8) is 0 Å². The van der Waals surface area contributed by atoms with Crippen molar-refractivity contribution in [1.29, 1.82) is 0 Å². The SMILES string of the molecule is CCc1nc(N(CC)CC2CCC2)sc1CNC1CC1. The maximum absolute atomic E-state index is 4.91. The third-order valence-electron chi connectivity index (χ3n) is 4.59. The van der Waals surface area contributed by atoms with Crippen molar-refractivity contribution in [1.82, 2.24) is 10.3 Å². The number of hydrogen-bond donors (Lipinski definition) is 1. The van der Waals surface area contributed by atoms with Gasteiger partial charge < -0.3 is 10.2 Å². The van der Waals surface area contributed by atoms with Crippen LogP contribution in [0, 0.1) is 5.92 Å². The molecule has 112 valence electrons. The zero-order chi connectivity index (χ0) is 13.9. The normalized spacial score (nSPS) is 19.1. The third-order valence-corrected chi connectivity index (χ3v) is 5.74. The Morgan fingerprint density at radius 1 is 1.25 bits per heavy atom. The monoisotopic (exact) mass is 293 g/mol. The Morgan fingerprint density at radius 3 is 2.60 bits per heavy atom. The summed E-state index contributed by atoms with van der Waals surface area (Å²) in [6, 6.07) is 0.780. The second-order valence-corrected chi connectivity index (χ2v) is 7.27. The van der Waals surface area contributed by atoms with E-state index in [4.69, 9.17) is 4.98 Å². The number of aryl methyl sites for hydroxylation is 1. The van der Waals surface area contributed by atoms with Gasteiger partial charge in [-0.1, -0.05) is 13.3 Å². The quantitative estimate of drug-likeness (QED) is 0.794. The fourth-order valence-corrected chi connectivity index (χ4v) is 3.95. The predicted molar refractivity (Wildman–Crippen MR) is 86.6 cm³/mol. The molecule has 0 amide bonds. The maximum Gasteiger partial charge on any atom is 0.185 e. The molecule has 0 aliphatic heterocycles. The van der Waals surface area contributed by atoms with Gasteiger partial charge in [0.15, 0.2) is 5.13 Å². The Labute approximate surface area is 126 Å². The van der Waals surface area contributed by atoms with Gasteiger partial charge in [-0.05, 0) is 44.9 Å². The molecular formula is C16H27N3S. The number of nitrogens with zero attached hydrogens (tertiary/aromatic N) is 2. The summed E-state index contributed by atoms with van der Waals surface area (Å²) in [5.74, 6) is 0.914. The van der Waals surface area contributed by atoms with Crippen LogP contribution in [0.5, 0.6) is 0 Å². The predicted octanol–water partition coefficient (Wildman–Crippen LogP) is 3.58. The molecule has 0 spiro atoms. The van der Waals surface area contributed by atoms with E-state index >= 15 is 0 Å². The van der Waals surface area contributed by atoms with Gasteiger partial charge in [-0.15, -0.1) is 11.3 Å². The molecule has 2 fully saturated rings. The highest BCUT2D eigenvalue weighted by atomic mass is 32.1. The van der Waals surface area contributed by atoms with Crippen molar-refractivity contribution in [3.8, 4) is 0 Å². The molecule has 0 atom stereocenters. The van der Waals surface area contributed by atoms with Gasteiger partial charge in [0, 0.05) is 30.6 Å². The Kier molecular flexibility index (Phi) is 4.61. The van der Waals surface area contributed by atoms with E-state index in [0.29, 0.717) is 0 Å². The molecule has 2 aliphatic carbocycles. The smallest absolute Gasteiger partial charge is 0.185 e. The summed E-state index contributed by atoms with van der Waals surface area (Å²) in [6.45, 7) is 7.80. The molecule has 0 unspecified atom stereocenters. The van der Waals surface area contributed by atoms with Crippen LogP contribution in [0.2, 0.25) is 0 Å². The summed E-state index contributed by atoms with van der Waals surface area (Å²) in [7, 11) is 0. The fourth-order valence-electron chi connectivity index (χ4n) is 2.77. The Morgan fingerprint density at radius 2 is 2.05 bits per heavy atom. The molecular weight excluding hydrogens is 266 g/mol. The lowest BCUT2D eigenvalue weighted by Gasteiger charge is -2.31. The molecule has 3 rings (SSSR count). The molecule has 1 aromatic rings. The van der Waals surface area contributed by atoms with Gasteiger partial charge in [0.1, 0.15) is 0 Å². The average Bonchev–Trinajstić information content (AvgIpc) is 3.15. The number of rotatable bonds is 8. The van der Waals surface area contributed by atoms with Gasteiger partial charge in [0.2, 0.25) is 0 Å². The van der Waals surface area contributed by atoms with Crippen LogP contribution in [0.25, 0.3) is 0 Å². The van der Waals surface area contributed by atoms with Crippen molar-refractivity contribution in [2.75, 3.05) is 18.0 Å². The topological polar surface area (TPSA) is 28.2 Å². The molecule has 0 bridgehead atoms.